The van der Waals surface area contributed by atoms with Crippen LogP contribution in [0.3, 0.4) is 0 Å². The van der Waals surface area contributed by atoms with Gasteiger partial charge in [-0.05, 0) is 38.5 Å². The quantitative estimate of drug-likeness (QED) is 0.791. The highest BCUT2D eigenvalue weighted by molar-refractivity contribution is 7.93. The van der Waals surface area contributed by atoms with E-state index >= 15 is 0 Å². The number of aromatic nitrogens is 2. The van der Waals surface area contributed by atoms with Gasteiger partial charge in [0.05, 0.1) is 10.8 Å². The fraction of sp³-hybridized carbons (Fsp3) is 0.357. The van der Waals surface area contributed by atoms with Crippen LogP contribution in [0.1, 0.15) is 30.3 Å². The number of amides is 1. The lowest BCUT2D eigenvalue weighted by atomic mass is 10.2. The van der Waals surface area contributed by atoms with E-state index in [0.29, 0.717) is 22.1 Å². The zero-order valence-electron chi connectivity index (χ0n) is 13.3. The summed E-state index contributed by atoms with van der Waals surface area (Å²) >= 11 is 6.99. The van der Waals surface area contributed by atoms with Gasteiger partial charge in [0.15, 0.2) is 0 Å². The lowest BCUT2D eigenvalue weighted by Gasteiger charge is -2.09. The van der Waals surface area contributed by atoms with Gasteiger partial charge in [0, 0.05) is 11.6 Å². The third-order valence-corrected chi connectivity index (χ3v) is 6.33. The van der Waals surface area contributed by atoms with Crippen LogP contribution in [0.25, 0.3) is 0 Å². The summed E-state index contributed by atoms with van der Waals surface area (Å²) in [5, 5.41) is 11.3. The molecule has 0 radical (unpaired) electrons. The Hall–Kier alpha value is -1.71. The molecule has 0 aliphatic heterocycles. The molecule has 1 aromatic heterocycles. The van der Waals surface area contributed by atoms with Gasteiger partial charge in [-0.25, -0.2) is 8.42 Å². The minimum Gasteiger partial charge on any atom is -0.356 e. The summed E-state index contributed by atoms with van der Waals surface area (Å²) in [6, 6.07) is 4.64. The Labute approximate surface area is 149 Å². The van der Waals surface area contributed by atoms with E-state index in [1.807, 2.05) is 6.92 Å². The maximum Gasteiger partial charge on any atom is 0.264 e. The van der Waals surface area contributed by atoms with Crippen LogP contribution < -0.4 is 10.0 Å². The van der Waals surface area contributed by atoms with Crippen molar-refractivity contribution in [3.63, 3.8) is 0 Å². The third kappa shape index (κ3) is 4.03. The molecular weight excluding hydrogens is 372 g/mol. The van der Waals surface area contributed by atoms with Crippen molar-refractivity contribution >= 4 is 44.0 Å². The van der Waals surface area contributed by atoms with Crippen LogP contribution in [-0.4, -0.2) is 31.1 Å². The van der Waals surface area contributed by atoms with Crippen LogP contribution >= 0.6 is 22.9 Å². The van der Waals surface area contributed by atoms with Crippen molar-refractivity contribution < 1.29 is 13.2 Å². The Morgan fingerprint density at radius 2 is 2.08 bits per heavy atom. The third-order valence-electron chi connectivity index (χ3n) is 3.28. The van der Waals surface area contributed by atoms with Gasteiger partial charge in [0.2, 0.25) is 11.0 Å². The number of halogens is 1. The molecule has 0 aliphatic carbocycles. The molecular formula is C14H17ClN4O3S2. The van der Waals surface area contributed by atoms with Gasteiger partial charge in [0.25, 0.3) is 10.0 Å². The SMILES string of the molecule is CCNC(=O)C(C)c1nnc(NS(=O)(=O)c2cccc(Cl)c2C)s1. The van der Waals surface area contributed by atoms with Crippen LogP contribution in [0.15, 0.2) is 23.1 Å². The molecule has 0 aliphatic rings. The first-order valence-corrected chi connectivity index (χ1v) is 9.83. The average Bonchev–Trinajstić information content (AvgIpc) is 2.97. The van der Waals surface area contributed by atoms with Crippen LogP contribution in [-0.2, 0) is 14.8 Å². The fourth-order valence-corrected chi connectivity index (χ4v) is 4.46. The number of carbonyl (C=O) groups excluding carboxylic acids is 1. The summed E-state index contributed by atoms with van der Waals surface area (Å²) in [6.45, 7) is 5.64. The zero-order valence-corrected chi connectivity index (χ0v) is 15.7. The summed E-state index contributed by atoms with van der Waals surface area (Å²) < 4.78 is 27.3. The number of hydrogen-bond donors (Lipinski definition) is 2. The topological polar surface area (TPSA) is 101 Å². The molecule has 1 atom stereocenters. The molecule has 2 aromatic rings. The van der Waals surface area contributed by atoms with E-state index in [4.69, 9.17) is 11.6 Å². The summed E-state index contributed by atoms with van der Waals surface area (Å²) in [7, 11) is -3.84. The van der Waals surface area contributed by atoms with Gasteiger partial charge in [-0.3, -0.25) is 9.52 Å². The highest BCUT2D eigenvalue weighted by Gasteiger charge is 2.23. The fourth-order valence-electron chi connectivity index (χ4n) is 1.94. The molecule has 0 spiro atoms. The van der Waals surface area contributed by atoms with Crippen LogP contribution in [0.5, 0.6) is 0 Å². The summed E-state index contributed by atoms with van der Waals surface area (Å²) in [5.41, 5.74) is 0.451. The van der Waals surface area contributed by atoms with E-state index in [1.54, 1.807) is 26.0 Å². The molecule has 1 unspecified atom stereocenters. The van der Waals surface area contributed by atoms with Crippen molar-refractivity contribution in [2.75, 3.05) is 11.3 Å². The number of sulfonamides is 1. The minimum atomic E-state index is -3.84. The summed E-state index contributed by atoms with van der Waals surface area (Å²) in [6.07, 6.45) is 0. The predicted molar refractivity (Wildman–Crippen MR) is 94.0 cm³/mol. The monoisotopic (exact) mass is 388 g/mol. The number of nitrogens with zero attached hydrogens (tertiary/aromatic N) is 2. The zero-order chi connectivity index (χ0) is 17.9. The van der Waals surface area contributed by atoms with E-state index in [2.05, 4.69) is 20.2 Å². The van der Waals surface area contributed by atoms with Crippen molar-refractivity contribution in [1.29, 1.82) is 0 Å². The second-order valence-corrected chi connectivity index (χ2v) is 8.10. The lowest BCUT2D eigenvalue weighted by Crippen LogP contribution is -2.27. The van der Waals surface area contributed by atoms with E-state index < -0.39 is 15.9 Å². The second kappa shape index (κ2) is 7.45. The Morgan fingerprint density at radius 3 is 2.75 bits per heavy atom. The number of benzene rings is 1. The van der Waals surface area contributed by atoms with Gasteiger partial charge in [0.1, 0.15) is 5.01 Å². The molecule has 7 nitrogen and oxygen atoms in total. The molecule has 1 heterocycles. The van der Waals surface area contributed by atoms with Gasteiger partial charge < -0.3 is 5.32 Å². The maximum atomic E-state index is 12.5. The van der Waals surface area contributed by atoms with E-state index in [-0.39, 0.29) is 15.9 Å². The average molecular weight is 389 g/mol. The molecule has 0 fully saturated rings. The molecule has 0 bridgehead atoms. The molecule has 130 valence electrons. The molecule has 10 heteroatoms. The number of nitrogens with one attached hydrogen (secondary N) is 2. The Kier molecular flexibility index (Phi) is 5.79. The molecule has 1 amide bonds. The standard InChI is InChI=1S/C14H17ClN4O3S2/c1-4-16-12(20)9(3)13-17-18-14(23-13)19-24(21,22)11-7-5-6-10(15)8(11)2/h5-7,9H,4H2,1-3H3,(H,16,20)(H,18,19). The lowest BCUT2D eigenvalue weighted by molar-refractivity contribution is -0.122. The Bertz CT molecular complexity index is 851. The summed E-state index contributed by atoms with van der Waals surface area (Å²) in [5.74, 6) is -0.692. The first kappa shape index (κ1) is 18.6. The normalized spacial score (nSPS) is 12.7. The van der Waals surface area contributed by atoms with Crippen molar-refractivity contribution in [3.05, 3.63) is 33.8 Å². The van der Waals surface area contributed by atoms with Gasteiger partial charge in [-0.15, -0.1) is 10.2 Å². The Morgan fingerprint density at radius 1 is 1.38 bits per heavy atom. The molecule has 2 N–H and O–H groups in total. The van der Waals surface area contributed by atoms with Gasteiger partial charge in [-0.1, -0.05) is 29.0 Å². The number of carbonyl (C=O) groups is 1. The molecule has 0 saturated carbocycles. The molecule has 1 aromatic carbocycles. The first-order valence-electron chi connectivity index (χ1n) is 7.15. The number of anilines is 1. The number of likely N-dealkylation sites (N-methyl/N-ethyl adjacent to an activating group) is 1. The largest absolute Gasteiger partial charge is 0.356 e. The highest BCUT2D eigenvalue weighted by Crippen LogP contribution is 2.28. The van der Waals surface area contributed by atoms with Gasteiger partial charge >= 0.3 is 0 Å². The first-order chi connectivity index (χ1) is 11.3. The molecule has 0 saturated heterocycles. The second-order valence-electron chi connectivity index (χ2n) is 5.03. The molecule has 2 rings (SSSR count). The van der Waals surface area contributed by atoms with Crippen molar-refractivity contribution in [2.24, 2.45) is 0 Å². The van der Waals surface area contributed by atoms with E-state index in [9.17, 15) is 13.2 Å². The smallest absolute Gasteiger partial charge is 0.264 e. The van der Waals surface area contributed by atoms with E-state index in [0.717, 1.165) is 11.3 Å². The van der Waals surface area contributed by atoms with Crippen LogP contribution in [0.2, 0.25) is 5.02 Å². The number of hydrogen-bond acceptors (Lipinski definition) is 6. The molecule has 24 heavy (non-hydrogen) atoms. The van der Waals surface area contributed by atoms with E-state index in [1.165, 1.54) is 6.07 Å². The van der Waals surface area contributed by atoms with Crippen molar-refractivity contribution in [2.45, 2.75) is 31.6 Å². The maximum absolute atomic E-state index is 12.5. The number of rotatable bonds is 6. The summed E-state index contributed by atoms with van der Waals surface area (Å²) in [4.78, 5) is 11.9. The van der Waals surface area contributed by atoms with Crippen LogP contribution in [0, 0.1) is 6.92 Å². The van der Waals surface area contributed by atoms with Crippen molar-refractivity contribution in [3.8, 4) is 0 Å². The van der Waals surface area contributed by atoms with Crippen molar-refractivity contribution in [1.82, 2.24) is 15.5 Å². The highest BCUT2D eigenvalue weighted by atomic mass is 35.5. The van der Waals surface area contributed by atoms with Crippen LogP contribution in [0.4, 0.5) is 5.13 Å². The predicted octanol–water partition coefficient (Wildman–Crippen LogP) is 2.54. The van der Waals surface area contributed by atoms with Gasteiger partial charge in [-0.2, -0.15) is 0 Å². The Balaban J connectivity index is 2.22. The minimum absolute atomic E-state index is 0.0727.